The van der Waals surface area contributed by atoms with Gasteiger partial charge in [-0.2, -0.15) is 10.2 Å². The number of hydrogen-bond acceptors (Lipinski definition) is 8. The Morgan fingerprint density at radius 2 is 2.05 bits per heavy atom. The molecule has 0 saturated carbocycles. The number of benzene rings is 1. The molecule has 0 unspecified atom stereocenters. The molecule has 1 N–H and O–H groups in total. The van der Waals surface area contributed by atoms with Crippen molar-refractivity contribution in [1.29, 1.82) is 5.26 Å². The quantitative estimate of drug-likeness (QED) is 0.388. The number of nitrogens with one attached hydrogen (secondary N) is 1. The number of H-pyrrole nitrogens is 1. The largest absolute Gasteiger partial charge is 0.444 e. The summed E-state index contributed by atoms with van der Waals surface area (Å²) in [6, 6.07) is 9.68. The Morgan fingerprint density at radius 1 is 1.27 bits per heavy atom. The topological polar surface area (TPSA) is 134 Å². The van der Waals surface area contributed by atoms with Gasteiger partial charge in [-0.25, -0.2) is 14.2 Å². The molecule has 1 saturated heterocycles. The van der Waals surface area contributed by atoms with Crippen LogP contribution in [0.2, 0.25) is 5.02 Å². The van der Waals surface area contributed by atoms with E-state index in [1.165, 1.54) is 18.3 Å². The zero-order chi connectivity index (χ0) is 26.3. The van der Waals surface area contributed by atoms with Crippen molar-refractivity contribution in [2.24, 2.45) is 0 Å². The molecule has 10 nitrogen and oxygen atoms in total. The second-order valence-electron chi connectivity index (χ2n) is 9.49. The van der Waals surface area contributed by atoms with Gasteiger partial charge in [0.2, 0.25) is 0 Å². The van der Waals surface area contributed by atoms with Crippen molar-refractivity contribution in [3.63, 3.8) is 0 Å². The van der Waals surface area contributed by atoms with Crippen molar-refractivity contribution >= 4 is 17.7 Å². The van der Waals surface area contributed by atoms with Crippen LogP contribution in [-0.4, -0.2) is 54.8 Å². The molecule has 3 aromatic heterocycles. The molecule has 1 aliphatic heterocycles. The van der Waals surface area contributed by atoms with E-state index in [0.717, 1.165) is 0 Å². The summed E-state index contributed by atoms with van der Waals surface area (Å²) in [6.45, 7) is 6.32. The van der Waals surface area contributed by atoms with E-state index in [-0.39, 0.29) is 40.0 Å². The van der Waals surface area contributed by atoms with Gasteiger partial charge in [0.05, 0.1) is 22.2 Å². The van der Waals surface area contributed by atoms with Gasteiger partial charge in [-0.1, -0.05) is 22.8 Å². The maximum atomic E-state index is 14.4. The second kappa shape index (κ2) is 9.29. The van der Waals surface area contributed by atoms with Gasteiger partial charge in [-0.05, 0) is 45.0 Å². The molecule has 0 radical (unpaired) electrons. The number of nitriles is 1. The van der Waals surface area contributed by atoms with Crippen LogP contribution >= 0.6 is 11.6 Å². The van der Waals surface area contributed by atoms with Crippen molar-refractivity contribution in [2.45, 2.75) is 32.3 Å². The number of ether oxygens (including phenoxy) is 1. The van der Waals surface area contributed by atoms with Gasteiger partial charge in [0.1, 0.15) is 29.0 Å². The minimum Gasteiger partial charge on any atom is -0.444 e. The number of pyridine rings is 1. The van der Waals surface area contributed by atoms with Crippen molar-refractivity contribution in [3.05, 3.63) is 58.9 Å². The van der Waals surface area contributed by atoms with E-state index in [1.807, 2.05) is 26.8 Å². The summed E-state index contributed by atoms with van der Waals surface area (Å²) in [5.41, 5.74) is 0.952. The van der Waals surface area contributed by atoms with Crippen molar-refractivity contribution in [1.82, 2.24) is 30.0 Å². The highest BCUT2D eigenvalue weighted by molar-refractivity contribution is 6.33. The maximum absolute atomic E-state index is 14.4. The summed E-state index contributed by atoms with van der Waals surface area (Å²) in [6.07, 6.45) is 1.15. The molecule has 0 atom stereocenters. The summed E-state index contributed by atoms with van der Waals surface area (Å²) in [5, 5.41) is 13.8. The molecule has 0 aliphatic carbocycles. The first-order chi connectivity index (χ1) is 17.6. The number of amides is 1. The number of rotatable bonds is 4. The van der Waals surface area contributed by atoms with Crippen LogP contribution in [0.25, 0.3) is 34.2 Å². The summed E-state index contributed by atoms with van der Waals surface area (Å²) >= 11 is 6.15. The Morgan fingerprint density at radius 3 is 2.70 bits per heavy atom. The minimum atomic E-state index is -0.560. The summed E-state index contributed by atoms with van der Waals surface area (Å²) in [4.78, 5) is 29.7. The van der Waals surface area contributed by atoms with E-state index >= 15 is 0 Å². The predicted molar refractivity (Wildman–Crippen MR) is 131 cm³/mol. The smallest absolute Gasteiger partial charge is 0.410 e. The number of carbonyl (C=O) groups is 1. The molecule has 1 aliphatic rings. The molecule has 12 heteroatoms. The number of likely N-dealkylation sites (tertiary alicyclic amines) is 1. The van der Waals surface area contributed by atoms with Gasteiger partial charge in [-0.15, -0.1) is 0 Å². The fourth-order valence-electron chi connectivity index (χ4n) is 3.80. The molecule has 1 fully saturated rings. The van der Waals surface area contributed by atoms with Crippen LogP contribution in [0.5, 0.6) is 0 Å². The molecular formula is C25H21ClFN7O3. The van der Waals surface area contributed by atoms with Crippen molar-refractivity contribution in [3.8, 4) is 40.3 Å². The Balaban J connectivity index is 1.31. The number of aromatic amines is 1. The number of carbonyl (C=O) groups excluding carboxylic acids is 1. The third-order valence-corrected chi connectivity index (χ3v) is 5.94. The Bertz CT molecular complexity index is 1490. The van der Waals surface area contributed by atoms with Gasteiger partial charge in [-0.3, -0.25) is 4.98 Å². The average Bonchev–Trinajstić information content (AvgIpc) is 3.45. The zero-order valence-electron chi connectivity index (χ0n) is 20.1. The molecule has 188 valence electrons. The lowest BCUT2D eigenvalue weighted by atomic mass is 10.0. The van der Waals surface area contributed by atoms with Crippen molar-refractivity contribution < 1.29 is 18.4 Å². The van der Waals surface area contributed by atoms with Crippen LogP contribution in [0.15, 0.2) is 41.1 Å². The van der Waals surface area contributed by atoms with E-state index < -0.39 is 11.4 Å². The number of aromatic nitrogens is 5. The van der Waals surface area contributed by atoms with Crippen molar-refractivity contribution in [2.75, 3.05) is 13.1 Å². The van der Waals surface area contributed by atoms with Gasteiger partial charge in [0, 0.05) is 24.8 Å². The van der Waals surface area contributed by atoms with E-state index in [2.05, 4.69) is 25.1 Å². The first-order valence-electron chi connectivity index (χ1n) is 11.4. The summed E-state index contributed by atoms with van der Waals surface area (Å²) in [7, 11) is 0. The monoisotopic (exact) mass is 521 g/mol. The molecule has 1 amide bonds. The number of halogens is 2. The zero-order valence-corrected chi connectivity index (χ0v) is 20.9. The number of nitrogens with zero attached hydrogens (tertiary/aromatic N) is 6. The number of hydrogen-bond donors (Lipinski definition) is 1. The van der Waals surface area contributed by atoms with E-state index in [9.17, 15) is 14.4 Å². The van der Waals surface area contributed by atoms with Gasteiger partial charge < -0.3 is 19.1 Å². The Labute approximate surface area is 216 Å². The lowest BCUT2D eigenvalue weighted by molar-refractivity contribution is 0.00734. The first-order valence-corrected chi connectivity index (χ1v) is 11.7. The highest BCUT2D eigenvalue weighted by Gasteiger charge is 2.37. The molecule has 0 spiro atoms. The lowest BCUT2D eigenvalue weighted by Gasteiger charge is -2.38. The summed E-state index contributed by atoms with van der Waals surface area (Å²) < 4.78 is 25.1. The fourth-order valence-corrected chi connectivity index (χ4v) is 4.05. The standard InChI is InChI=1S/C25H21ClFN7O3/c1-25(2,3)36-24(35)34-11-14(12-34)21-32-23(37-33-21)17-8-7-13(10-29-17)20-18(9-28)30-22(31-20)19-15(26)5-4-6-16(19)27/h4-8,10,14H,11-12H2,1-3H3,(H,30,31). The van der Waals surface area contributed by atoms with Crippen LogP contribution < -0.4 is 0 Å². The van der Waals surface area contributed by atoms with Crippen LogP contribution in [-0.2, 0) is 4.74 Å². The van der Waals surface area contributed by atoms with E-state index in [1.54, 1.807) is 23.1 Å². The highest BCUT2D eigenvalue weighted by Crippen LogP contribution is 2.33. The molecule has 0 bridgehead atoms. The lowest BCUT2D eigenvalue weighted by Crippen LogP contribution is -2.50. The van der Waals surface area contributed by atoms with Crippen LogP contribution in [0.3, 0.4) is 0 Å². The number of imidazole rings is 1. The van der Waals surface area contributed by atoms with Gasteiger partial charge in [0.25, 0.3) is 5.89 Å². The first kappa shape index (κ1) is 24.4. The third-order valence-electron chi connectivity index (χ3n) is 5.62. The summed E-state index contributed by atoms with van der Waals surface area (Å²) in [5.74, 6) is 0.226. The highest BCUT2D eigenvalue weighted by atomic mass is 35.5. The van der Waals surface area contributed by atoms with Gasteiger partial charge >= 0.3 is 6.09 Å². The fraction of sp³-hybridized carbons (Fsp3) is 0.280. The van der Waals surface area contributed by atoms with Crippen LogP contribution in [0, 0.1) is 17.1 Å². The SMILES string of the molecule is CC(C)(C)OC(=O)N1CC(c2noc(-c3ccc(-c4[nH]c(-c5c(F)cccc5Cl)nc4C#N)cn3)n2)C1. The van der Waals surface area contributed by atoms with E-state index in [4.69, 9.17) is 20.9 Å². The molecule has 1 aromatic carbocycles. The van der Waals surface area contributed by atoms with Crippen LogP contribution in [0.1, 0.15) is 38.2 Å². The Kier molecular flexibility index (Phi) is 6.13. The van der Waals surface area contributed by atoms with Crippen LogP contribution in [0.4, 0.5) is 9.18 Å². The molecule has 37 heavy (non-hydrogen) atoms. The average molecular weight is 522 g/mol. The minimum absolute atomic E-state index is 0.0592. The molecular weight excluding hydrogens is 501 g/mol. The normalized spacial score (nSPS) is 13.8. The molecule has 5 rings (SSSR count). The maximum Gasteiger partial charge on any atom is 0.410 e. The Hall–Kier alpha value is -4.30. The van der Waals surface area contributed by atoms with Gasteiger partial charge in [0.15, 0.2) is 11.5 Å². The third kappa shape index (κ3) is 4.88. The van der Waals surface area contributed by atoms with E-state index in [0.29, 0.717) is 35.9 Å². The molecule has 4 heterocycles. The predicted octanol–water partition coefficient (Wildman–Crippen LogP) is 5.19. The second-order valence-corrected chi connectivity index (χ2v) is 9.90. The molecule has 4 aromatic rings.